The Morgan fingerprint density at radius 3 is 3.00 bits per heavy atom. The second-order valence-electron chi connectivity index (χ2n) is 4.16. The van der Waals surface area contributed by atoms with Crippen molar-refractivity contribution in [3.8, 4) is 0 Å². The van der Waals surface area contributed by atoms with Crippen molar-refractivity contribution in [2.24, 2.45) is 5.73 Å². The molecular weight excluding hydrogens is 206 g/mol. The van der Waals surface area contributed by atoms with E-state index in [0.29, 0.717) is 13.0 Å². The van der Waals surface area contributed by atoms with E-state index in [2.05, 4.69) is 17.1 Å². The lowest BCUT2D eigenvalue weighted by atomic mass is 10.1. The lowest BCUT2D eigenvalue weighted by molar-refractivity contribution is -0.122. The number of ether oxygens (including phenoxy) is 1. The van der Waals surface area contributed by atoms with Gasteiger partial charge in [0.2, 0.25) is 5.91 Å². The van der Waals surface area contributed by atoms with Gasteiger partial charge in [-0.15, -0.1) is 0 Å². The van der Waals surface area contributed by atoms with Crippen LogP contribution in [0.15, 0.2) is 0 Å². The molecule has 94 valence electrons. The molecule has 0 aromatic heterocycles. The lowest BCUT2D eigenvalue weighted by Crippen LogP contribution is -2.51. The van der Waals surface area contributed by atoms with Crippen molar-refractivity contribution < 1.29 is 9.53 Å². The van der Waals surface area contributed by atoms with E-state index in [1.165, 1.54) is 0 Å². The molecule has 0 bridgehead atoms. The van der Waals surface area contributed by atoms with Crippen LogP contribution < -0.4 is 11.1 Å². The van der Waals surface area contributed by atoms with Crippen LogP contribution in [0.1, 0.15) is 19.8 Å². The Labute approximate surface area is 97.3 Å². The van der Waals surface area contributed by atoms with E-state index in [1.54, 1.807) is 7.05 Å². The van der Waals surface area contributed by atoms with Gasteiger partial charge in [-0.25, -0.2) is 0 Å². The molecule has 0 spiro atoms. The SMILES string of the molecule is CCC1CN(C(CN)CC(=O)NC)CCO1. The maximum atomic E-state index is 11.4. The first-order valence-corrected chi connectivity index (χ1v) is 5.97. The fourth-order valence-electron chi connectivity index (χ4n) is 2.00. The third-order valence-corrected chi connectivity index (χ3v) is 3.11. The van der Waals surface area contributed by atoms with Gasteiger partial charge in [-0.05, 0) is 6.42 Å². The minimum atomic E-state index is 0.0509. The highest BCUT2D eigenvalue weighted by atomic mass is 16.5. The molecule has 1 aliphatic rings. The number of nitrogens with zero attached hydrogens (tertiary/aromatic N) is 1. The number of carbonyl (C=O) groups is 1. The molecule has 1 rings (SSSR count). The first-order chi connectivity index (χ1) is 7.71. The van der Waals surface area contributed by atoms with Crippen LogP contribution in [-0.2, 0) is 9.53 Å². The molecule has 5 heteroatoms. The number of nitrogens with one attached hydrogen (secondary N) is 1. The highest BCUT2D eigenvalue weighted by molar-refractivity contribution is 5.76. The van der Waals surface area contributed by atoms with Gasteiger partial charge in [-0.1, -0.05) is 6.92 Å². The third kappa shape index (κ3) is 3.73. The summed E-state index contributed by atoms with van der Waals surface area (Å²) in [7, 11) is 1.66. The van der Waals surface area contributed by atoms with Gasteiger partial charge in [-0.2, -0.15) is 0 Å². The van der Waals surface area contributed by atoms with E-state index in [1.807, 2.05) is 0 Å². The summed E-state index contributed by atoms with van der Waals surface area (Å²) in [4.78, 5) is 13.6. The number of carbonyl (C=O) groups excluding carboxylic acids is 1. The van der Waals surface area contributed by atoms with E-state index in [4.69, 9.17) is 10.5 Å². The number of rotatable bonds is 5. The second kappa shape index (κ2) is 6.83. The summed E-state index contributed by atoms with van der Waals surface area (Å²) in [5, 5.41) is 2.64. The molecule has 5 nitrogen and oxygen atoms in total. The van der Waals surface area contributed by atoms with Crippen LogP contribution >= 0.6 is 0 Å². The minimum absolute atomic E-state index is 0.0509. The molecule has 16 heavy (non-hydrogen) atoms. The van der Waals surface area contributed by atoms with Crippen LogP contribution in [0.4, 0.5) is 0 Å². The van der Waals surface area contributed by atoms with E-state index in [0.717, 1.165) is 26.1 Å². The smallest absolute Gasteiger partial charge is 0.221 e. The molecular formula is C11H23N3O2. The Bertz CT molecular complexity index is 223. The van der Waals surface area contributed by atoms with Gasteiger partial charge in [0.15, 0.2) is 0 Å². The lowest BCUT2D eigenvalue weighted by Gasteiger charge is -2.37. The molecule has 1 saturated heterocycles. The summed E-state index contributed by atoms with van der Waals surface area (Å²) < 4.78 is 5.60. The van der Waals surface area contributed by atoms with Gasteiger partial charge in [0, 0.05) is 39.1 Å². The molecule has 1 fully saturated rings. The third-order valence-electron chi connectivity index (χ3n) is 3.11. The maximum absolute atomic E-state index is 11.4. The summed E-state index contributed by atoms with van der Waals surface area (Å²) in [5.41, 5.74) is 5.73. The summed E-state index contributed by atoms with van der Waals surface area (Å²) in [6.45, 7) is 5.13. The van der Waals surface area contributed by atoms with E-state index >= 15 is 0 Å². The number of hydrogen-bond acceptors (Lipinski definition) is 4. The molecule has 2 unspecified atom stereocenters. The summed E-state index contributed by atoms with van der Waals surface area (Å²) in [6, 6.07) is 0.137. The first-order valence-electron chi connectivity index (χ1n) is 5.97. The highest BCUT2D eigenvalue weighted by Gasteiger charge is 2.25. The number of amides is 1. The van der Waals surface area contributed by atoms with Crippen LogP contribution in [0.25, 0.3) is 0 Å². The van der Waals surface area contributed by atoms with Gasteiger partial charge in [0.1, 0.15) is 0 Å². The zero-order chi connectivity index (χ0) is 12.0. The van der Waals surface area contributed by atoms with Crippen molar-refractivity contribution in [2.75, 3.05) is 33.3 Å². The Morgan fingerprint density at radius 1 is 1.69 bits per heavy atom. The fraction of sp³-hybridized carbons (Fsp3) is 0.909. The number of nitrogens with two attached hydrogens (primary N) is 1. The Morgan fingerprint density at radius 2 is 2.44 bits per heavy atom. The van der Waals surface area contributed by atoms with Gasteiger partial charge >= 0.3 is 0 Å². The maximum Gasteiger partial charge on any atom is 0.221 e. The van der Waals surface area contributed by atoms with Crippen molar-refractivity contribution in [1.82, 2.24) is 10.2 Å². The van der Waals surface area contributed by atoms with E-state index < -0.39 is 0 Å². The average molecular weight is 229 g/mol. The van der Waals surface area contributed by atoms with Crippen molar-refractivity contribution in [3.63, 3.8) is 0 Å². The molecule has 1 heterocycles. The van der Waals surface area contributed by atoms with E-state index in [9.17, 15) is 4.79 Å². The first kappa shape index (κ1) is 13.4. The van der Waals surface area contributed by atoms with Gasteiger partial charge < -0.3 is 15.8 Å². The largest absolute Gasteiger partial charge is 0.376 e. The predicted molar refractivity (Wildman–Crippen MR) is 63.1 cm³/mol. The molecule has 1 amide bonds. The minimum Gasteiger partial charge on any atom is -0.376 e. The van der Waals surface area contributed by atoms with Crippen molar-refractivity contribution in [1.29, 1.82) is 0 Å². The predicted octanol–water partition coefficient (Wildman–Crippen LogP) is -0.439. The zero-order valence-electron chi connectivity index (χ0n) is 10.2. The summed E-state index contributed by atoms with van der Waals surface area (Å²) in [6.07, 6.45) is 1.77. The van der Waals surface area contributed by atoms with Crippen LogP contribution in [-0.4, -0.2) is 56.2 Å². The molecule has 0 aromatic carbocycles. The fourth-order valence-corrected chi connectivity index (χ4v) is 2.00. The van der Waals surface area contributed by atoms with Crippen molar-refractivity contribution >= 4 is 5.91 Å². The zero-order valence-corrected chi connectivity index (χ0v) is 10.2. The standard InChI is InChI=1S/C11H23N3O2/c1-3-10-8-14(4-5-16-10)9(7-12)6-11(15)13-2/h9-10H,3-8,12H2,1-2H3,(H,13,15). The van der Waals surface area contributed by atoms with Crippen molar-refractivity contribution in [3.05, 3.63) is 0 Å². The Kier molecular flexibility index (Phi) is 5.73. The van der Waals surface area contributed by atoms with Crippen molar-refractivity contribution in [2.45, 2.75) is 31.9 Å². The molecule has 2 atom stereocenters. The van der Waals surface area contributed by atoms with E-state index in [-0.39, 0.29) is 18.1 Å². The van der Waals surface area contributed by atoms with Crippen LogP contribution in [0, 0.1) is 0 Å². The Balaban J connectivity index is 2.48. The van der Waals surface area contributed by atoms with Crippen LogP contribution in [0.5, 0.6) is 0 Å². The molecule has 0 aliphatic carbocycles. The highest BCUT2D eigenvalue weighted by Crippen LogP contribution is 2.12. The van der Waals surface area contributed by atoms with Gasteiger partial charge in [0.05, 0.1) is 12.7 Å². The molecule has 3 N–H and O–H groups in total. The summed E-state index contributed by atoms with van der Waals surface area (Å²) >= 11 is 0. The second-order valence-corrected chi connectivity index (χ2v) is 4.16. The quantitative estimate of drug-likeness (QED) is 0.671. The summed E-state index contributed by atoms with van der Waals surface area (Å²) in [5.74, 6) is 0.0509. The molecule has 0 saturated carbocycles. The van der Waals surface area contributed by atoms with Gasteiger partial charge in [0.25, 0.3) is 0 Å². The van der Waals surface area contributed by atoms with Crippen LogP contribution in [0.2, 0.25) is 0 Å². The molecule has 0 radical (unpaired) electrons. The number of hydrogen-bond donors (Lipinski definition) is 2. The molecule has 0 aromatic rings. The Hall–Kier alpha value is -0.650. The number of morpholine rings is 1. The van der Waals surface area contributed by atoms with Gasteiger partial charge in [-0.3, -0.25) is 9.69 Å². The topological polar surface area (TPSA) is 67.6 Å². The normalized spacial score (nSPS) is 24.1. The van der Waals surface area contributed by atoms with Crippen LogP contribution in [0.3, 0.4) is 0 Å². The molecule has 1 aliphatic heterocycles. The monoisotopic (exact) mass is 229 g/mol. The average Bonchev–Trinajstić information content (AvgIpc) is 2.35.